The van der Waals surface area contributed by atoms with Gasteiger partial charge in [0.05, 0.1) is 19.9 Å². The Labute approximate surface area is 224 Å². The van der Waals surface area contributed by atoms with Crippen LogP contribution in [-0.4, -0.2) is 45.9 Å². The van der Waals surface area contributed by atoms with E-state index in [1.54, 1.807) is 24.1 Å². The molecule has 0 spiro atoms. The second-order valence-corrected chi connectivity index (χ2v) is 9.38. The smallest absolute Gasteiger partial charge is 0.290 e. The fourth-order valence-corrected chi connectivity index (χ4v) is 4.38. The molecule has 0 bridgehead atoms. The van der Waals surface area contributed by atoms with Gasteiger partial charge in [0.25, 0.3) is 5.91 Å². The molecular formula is C31H35N3O4. The summed E-state index contributed by atoms with van der Waals surface area (Å²) in [6, 6.07) is 25.1. The number of amides is 2. The lowest BCUT2D eigenvalue weighted by Crippen LogP contribution is -2.46. The van der Waals surface area contributed by atoms with Crippen LogP contribution in [0.25, 0.3) is 0 Å². The normalized spacial score (nSPS) is 11.7. The molecule has 0 saturated carbocycles. The molecule has 1 unspecified atom stereocenters. The van der Waals surface area contributed by atoms with E-state index in [0.717, 1.165) is 29.0 Å². The number of hydrogen-bond donors (Lipinski definition) is 0. The summed E-state index contributed by atoms with van der Waals surface area (Å²) < 4.78 is 12.9. The second kappa shape index (κ2) is 12.8. The molecule has 2 aromatic heterocycles. The molecule has 2 heterocycles. The largest absolute Gasteiger partial charge is 0.497 e. The van der Waals surface area contributed by atoms with Crippen LogP contribution in [0.15, 0.2) is 95.7 Å². The molecule has 2 aromatic carbocycles. The quantitative estimate of drug-likeness (QED) is 0.247. The minimum absolute atomic E-state index is 0.0298. The van der Waals surface area contributed by atoms with Gasteiger partial charge in [-0.05, 0) is 60.9 Å². The average molecular weight is 514 g/mol. The Morgan fingerprint density at radius 2 is 1.74 bits per heavy atom. The maximum atomic E-state index is 13.8. The summed E-state index contributed by atoms with van der Waals surface area (Å²) in [4.78, 5) is 30.4. The first-order valence-electron chi connectivity index (χ1n) is 12.9. The number of aromatic nitrogens is 1. The summed E-state index contributed by atoms with van der Waals surface area (Å²) >= 11 is 0. The van der Waals surface area contributed by atoms with Crippen LogP contribution in [0.2, 0.25) is 0 Å². The Kier molecular flexibility index (Phi) is 9.03. The molecule has 4 rings (SSSR count). The van der Waals surface area contributed by atoms with Crippen molar-refractivity contribution in [2.24, 2.45) is 0 Å². The van der Waals surface area contributed by atoms with E-state index in [-0.39, 0.29) is 30.2 Å². The molecule has 0 aliphatic heterocycles. The van der Waals surface area contributed by atoms with E-state index in [1.165, 1.54) is 6.26 Å². The van der Waals surface area contributed by atoms with Crippen LogP contribution >= 0.6 is 0 Å². The van der Waals surface area contributed by atoms with E-state index in [1.807, 2.05) is 85.6 Å². The van der Waals surface area contributed by atoms with Crippen LogP contribution in [0.4, 0.5) is 0 Å². The third-order valence-corrected chi connectivity index (χ3v) is 6.75. The molecule has 0 fully saturated rings. The van der Waals surface area contributed by atoms with Gasteiger partial charge in [0, 0.05) is 31.0 Å². The fourth-order valence-electron chi connectivity index (χ4n) is 4.38. The maximum absolute atomic E-state index is 13.8. The third kappa shape index (κ3) is 6.73. The Balaban J connectivity index is 1.57. The molecule has 0 aliphatic carbocycles. The number of rotatable bonds is 12. The molecule has 4 aromatic rings. The SMILES string of the molecule is CCC(C)N(CC(=O)N(Cc1ccccc1)Cc1cccn1Cc1cccc(OC)c1)C(=O)c1ccco1. The number of carbonyl (C=O) groups is 2. The van der Waals surface area contributed by atoms with Gasteiger partial charge in [-0.25, -0.2) is 0 Å². The Morgan fingerprint density at radius 1 is 0.947 bits per heavy atom. The molecule has 38 heavy (non-hydrogen) atoms. The summed E-state index contributed by atoms with van der Waals surface area (Å²) in [5.74, 6) is 0.644. The third-order valence-electron chi connectivity index (χ3n) is 6.75. The number of methoxy groups -OCH3 is 1. The summed E-state index contributed by atoms with van der Waals surface area (Å²) in [5.41, 5.74) is 3.14. The van der Waals surface area contributed by atoms with E-state index >= 15 is 0 Å². The first-order chi connectivity index (χ1) is 18.5. The fraction of sp³-hybridized carbons (Fsp3) is 0.290. The van der Waals surface area contributed by atoms with Crippen LogP contribution < -0.4 is 4.74 Å². The highest BCUT2D eigenvalue weighted by Gasteiger charge is 2.27. The second-order valence-electron chi connectivity index (χ2n) is 9.38. The van der Waals surface area contributed by atoms with Crippen molar-refractivity contribution < 1.29 is 18.7 Å². The van der Waals surface area contributed by atoms with Crippen molar-refractivity contribution in [2.75, 3.05) is 13.7 Å². The van der Waals surface area contributed by atoms with E-state index in [4.69, 9.17) is 9.15 Å². The van der Waals surface area contributed by atoms with Crippen LogP contribution in [0.1, 0.15) is 47.6 Å². The standard InChI is InChI=1S/C31H35N3O4/c1-4-24(2)34(31(36)29-16-10-18-38-29)23-30(35)33(20-25-11-6-5-7-12-25)22-27-14-9-17-32(27)21-26-13-8-15-28(19-26)37-3/h5-19,24H,4,20-23H2,1-3H3. The highest BCUT2D eigenvalue weighted by Crippen LogP contribution is 2.18. The Morgan fingerprint density at radius 3 is 2.45 bits per heavy atom. The predicted octanol–water partition coefficient (Wildman–Crippen LogP) is 5.61. The summed E-state index contributed by atoms with van der Waals surface area (Å²) in [6.45, 7) is 5.43. The van der Waals surface area contributed by atoms with Crippen molar-refractivity contribution in [1.82, 2.24) is 14.4 Å². The van der Waals surface area contributed by atoms with Gasteiger partial charge in [-0.2, -0.15) is 0 Å². The van der Waals surface area contributed by atoms with Gasteiger partial charge in [-0.15, -0.1) is 0 Å². The van der Waals surface area contributed by atoms with Gasteiger partial charge in [0.15, 0.2) is 5.76 Å². The average Bonchev–Trinajstić information content (AvgIpc) is 3.64. The minimum atomic E-state index is -0.279. The van der Waals surface area contributed by atoms with Crippen LogP contribution in [-0.2, 0) is 24.4 Å². The van der Waals surface area contributed by atoms with Crippen molar-refractivity contribution in [3.8, 4) is 5.75 Å². The number of furan rings is 1. The van der Waals surface area contributed by atoms with E-state index in [2.05, 4.69) is 10.6 Å². The topological polar surface area (TPSA) is 67.9 Å². The van der Waals surface area contributed by atoms with Crippen LogP contribution in [0.5, 0.6) is 5.75 Å². The Hall–Kier alpha value is -4.26. The summed E-state index contributed by atoms with van der Waals surface area (Å²) in [7, 11) is 1.66. The van der Waals surface area contributed by atoms with Crippen molar-refractivity contribution in [2.45, 2.75) is 45.9 Å². The van der Waals surface area contributed by atoms with E-state index in [0.29, 0.717) is 19.6 Å². The van der Waals surface area contributed by atoms with E-state index < -0.39 is 0 Å². The van der Waals surface area contributed by atoms with Gasteiger partial charge >= 0.3 is 0 Å². The highest BCUT2D eigenvalue weighted by molar-refractivity contribution is 5.94. The van der Waals surface area contributed by atoms with E-state index in [9.17, 15) is 9.59 Å². The van der Waals surface area contributed by atoms with Crippen molar-refractivity contribution in [1.29, 1.82) is 0 Å². The molecule has 198 valence electrons. The van der Waals surface area contributed by atoms with Crippen molar-refractivity contribution >= 4 is 11.8 Å². The molecule has 0 aliphatic rings. The monoisotopic (exact) mass is 513 g/mol. The molecular weight excluding hydrogens is 478 g/mol. The number of benzene rings is 2. The Bertz CT molecular complexity index is 1310. The lowest BCUT2D eigenvalue weighted by molar-refractivity contribution is -0.133. The van der Waals surface area contributed by atoms with Gasteiger partial charge < -0.3 is 23.5 Å². The minimum Gasteiger partial charge on any atom is -0.497 e. The predicted molar refractivity (Wildman–Crippen MR) is 147 cm³/mol. The molecule has 1 atom stereocenters. The molecule has 0 N–H and O–H groups in total. The van der Waals surface area contributed by atoms with Gasteiger partial charge in [-0.1, -0.05) is 49.4 Å². The van der Waals surface area contributed by atoms with Crippen LogP contribution in [0, 0.1) is 0 Å². The molecule has 7 heteroatoms. The zero-order valence-electron chi connectivity index (χ0n) is 22.2. The van der Waals surface area contributed by atoms with Crippen molar-refractivity contribution in [3.05, 3.63) is 114 Å². The summed E-state index contributed by atoms with van der Waals surface area (Å²) in [5, 5.41) is 0. The molecule has 0 saturated heterocycles. The molecule has 2 amide bonds. The maximum Gasteiger partial charge on any atom is 0.290 e. The lowest BCUT2D eigenvalue weighted by Gasteiger charge is -2.31. The van der Waals surface area contributed by atoms with Gasteiger partial charge in [0.1, 0.15) is 12.3 Å². The lowest BCUT2D eigenvalue weighted by atomic mass is 10.1. The first-order valence-corrected chi connectivity index (χ1v) is 12.9. The molecule has 7 nitrogen and oxygen atoms in total. The van der Waals surface area contributed by atoms with Gasteiger partial charge in [0.2, 0.25) is 5.91 Å². The van der Waals surface area contributed by atoms with Crippen molar-refractivity contribution in [3.63, 3.8) is 0 Å². The molecule has 0 radical (unpaired) electrons. The highest BCUT2D eigenvalue weighted by atomic mass is 16.5. The number of nitrogens with zero attached hydrogens (tertiary/aromatic N) is 3. The first kappa shape index (κ1) is 26.8. The number of ether oxygens (including phenoxy) is 1. The summed E-state index contributed by atoms with van der Waals surface area (Å²) in [6.07, 6.45) is 4.22. The number of hydrogen-bond acceptors (Lipinski definition) is 4. The number of carbonyl (C=O) groups excluding carboxylic acids is 2. The zero-order chi connectivity index (χ0) is 26.9. The van der Waals surface area contributed by atoms with Gasteiger partial charge in [-0.3, -0.25) is 9.59 Å². The zero-order valence-corrected chi connectivity index (χ0v) is 22.2. The van der Waals surface area contributed by atoms with Crippen LogP contribution in [0.3, 0.4) is 0 Å².